The zero-order valence-corrected chi connectivity index (χ0v) is 9.91. The Morgan fingerprint density at radius 1 is 1.31 bits per heavy atom. The molecule has 2 nitrogen and oxygen atoms in total. The molecule has 2 heterocycles. The van der Waals surface area contributed by atoms with Gasteiger partial charge in [-0.1, -0.05) is 23.7 Å². The Balaban J connectivity index is 1.77. The highest BCUT2D eigenvalue weighted by molar-refractivity contribution is 6.30. The number of hydrogen-bond acceptors (Lipinski definition) is 2. The van der Waals surface area contributed by atoms with E-state index in [0.717, 1.165) is 24.3 Å². The second-order valence-electron chi connectivity index (χ2n) is 5.06. The van der Waals surface area contributed by atoms with Crippen molar-refractivity contribution in [3.8, 4) is 0 Å². The summed E-state index contributed by atoms with van der Waals surface area (Å²) in [5, 5.41) is 0.777. The second-order valence-corrected chi connectivity index (χ2v) is 5.50. The Bertz CT molecular complexity index is 391. The molecule has 1 aromatic rings. The van der Waals surface area contributed by atoms with Crippen molar-refractivity contribution < 1.29 is 4.74 Å². The Labute approximate surface area is 101 Å². The fourth-order valence-electron chi connectivity index (χ4n) is 3.00. The average molecular weight is 238 g/mol. The molecular weight excluding hydrogens is 222 g/mol. The lowest BCUT2D eigenvalue weighted by Gasteiger charge is -2.31. The molecule has 86 valence electrons. The van der Waals surface area contributed by atoms with Crippen LogP contribution in [0.5, 0.6) is 0 Å². The van der Waals surface area contributed by atoms with Crippen molar-refractivity contribution in [1.82, 2.24) is 0 Å². The summed E-state index contributed by atoms with van der Waals surface area (Å²) < 4.78 is 5.83. The van der Waals surface area contributed by atoms with E-state index < -0.39 is 0 Å². The topological polar surface area (TPSA) is 35.2 Å². The number of ether oxygens (including phenoxy) is 1. The van der Waals surface area contributed by atoms with Gasteiger partial charge in [0.25, 0.3) is 0 Å². The van der Waals surface area contributed by atoms with E-state index in [1.54, 1.807) is 0 Å². The second kappa shape index (κ2) is 3.73. The maximum Gasteiger partial charge on any atom is 0.0763 e. The number of halogens is 1. The summed E-state index contributed by atoms with van der Waals surface area (Å²) in [5.74, 6) is 0. The molecule has 3 heteroatoms. The first-order valence-electron chi connectivity index (χ1n) is 5.84. The van der Waals surface area contributed by atoms with Crippen LogP contribution in [-0.2, 0) is 11.2 Å². The van der Waals surface area contributed by atoms with E-state index in [9.17, 15) is 0 Å². The molecule has 3 rings (SSSR count). The van der Waals surface area contributed by atoms with Gasteiger partial charge in [-0.25, -0.2) is 0 Å². The van der Waals surface area contributed by atoms with E-state index in [1.807, 2.05) is 12.1 Å². The Kier molecular flexibility index (Phi) is 2.46. The van der Waals surface area contributed by atoms with Crippen molar-refractivity contribution in [1.29, 1.82) is 0 Å². The summed E-state index contributed by atoms with van der Waals surface area (Å²) in [6.45, 7) is 0. The molecule has 0 saturated carbocycles. The lowest BCUT2D eigenvalue weighted by molar-refractivity contribution is 0.0856. The van der Waals surface area contributed by atoms with Crippen molar-refractivity contribution in [3.63, 3.8) is 0 Å². The van der Waals surface area contributed by atoms with Gasteiger partial charge in [-0.2, -0.15) is 0 Å². The van der Waals surface area contributed by atoms with Crippen molar-refractivity contribution in [2.24, 2.45) is 5.73 Å². The van der Waals surface area contributed by atoms with Crippen molar-refractivity contribution >= 4 is 11.6 Å². The first kappa shape index (κ1) is 10.6. The molecule has 0 radical (unpaired) electrons. The van der Waals surface area contributed by atoms with Crippen LogP contribution in [-0.4, -0.2) is 17.7 Å². The predicted molar refractivity (Wildman–Crippen MR) is 64.6 cm³/mol. The van der Waals surface area contributed by atoms with Crippen LogP contribution in [0, 0.1) is 0 Å². The number of rotatable bonds is 2. The third-order valence-electron chi connectivity index (χ3n) is 3.80. The summed E-state index contributed by atoms with van der Waals surface area (Å²) in [7, 11) is 0. The van der Waals surface area contributed by atoms with Crippen molar-refractivity contribution in [2.45, 2.75) is 43.4 Å². The van der Waals surface area contributed by atoms with Gasteiger partial charge < -0.3 is 10.5 Å². The minimum Gasteiger partial charge on any atom is -0.373 e. The highest BCUT2D eigenvalue weighted by Crippen LogP contribution is 2.41. The van der Waals surface area contributed by atoms with Crippen molar-refractivity contribution in [2.75, 3.05) is 0 Å². The van der Waals surface area contributed by atoms with Gasteiger partial charge in [-0.3, -0.25) is 0 Å². The van der Waals surface area contributed by atoms with Gasteiger partial charge in [-0.05, 0) is 43.4 Å². The summed E-state index contributed by atoms with van der Waals surface area (Å²) in [6, 6.07) is 7.97. The molecule has 2 aliphatic rings. The van der Waals surface area contributed by atoms with E-state index >= 15 is 0 Å². The van der Waals surface area contributed by atoms with Crippen LogP contribution in [0.25, 0.3) is 0 Å². The van der Waals surface area contributed by atoms with E-state index in [1.165, 1.54) is 12.0 Å². The van der Waals surface area contributed by atoms with Crippen LogP contribution in [0.15, 0.2) is 24.3 Å². The summed E-state index contributed by atoms with van der Waals surface area (Å²) in [5.41, 5.74) is 7.55. The maximum absolute atomic E-state index is 6.46. The largest absolute Gasteiger partial charge is 0.373 e. The number of hydrogen-bond donors (Lipinski definition) is 1. The average Bonchev–Trinajstić information content (AvgIpc) is 2.81. The molecule has 2 bridgehead atoms. The van der Waals surface area contributed by atoms with Crippen LogP contribution in [0.2, 0.25) is 5.02 Å². The third kappa shape index (κ3) is 1.75. The molecule has 1 aromatic carbocycles. The first-order valence-corrected chi connectivity index (χ1v) is 6.22. The SMILES string of the molecule is NC1(Cc2ccc(Cl)cc2)CC2CCC1O2. The summed E-state index contributed by atoms with van der Waals surface area (Å²) in [6.07, 6.45) is 4.86. The fraction of sp³-hybridized carbons (Fsp3) is 0.538. The highest BCUT2D eigenvalue weighted by atomic mass is 35.5. The maximum atomic E-state index is 6.46. The molecule has 2 saturated heterocycles. The van der Waals surface area contributed by atoms with Crippen LogP contribution >= 0.6 is 11.6 Å². The Hall–Kier alpha value is -0.570. The third-order valence-corrected chi connectivity index (χ3v) is 4.05. The smallest absolute Gasteiger partial charge is 0.0763 e. The van der Waals surface area contributed by atoms with E-state index in [4.69, 9.17) is 22.1 Å². The van der Waals surface area contributed by atoms with E-state index in [0.29, 0.717) is 6.10 Å². The normalized spacial score (nSPS) is 36.9. The molecule has 2 aliphatic heterocycles. The van der Waals surface area contributed by atoms with Gasteiger partial charge in [0.1, 0.15) is 0 Å². The molecule has 0 aromatic heterocycles. The van der Waals surface area contributed by atoms with E-state index in [-0.39, 0.29) is 11.6 Å². The number of nitrogens with two attached hydrogens (primary N) is 1. The zero-order valence-electron chi connectivity index (χ0n) is 9.16. The van der Waals surface area contributed by atoms with Gasteiger partial charge in [0.15, 0.2) is 0 Å². The Morgan fingerprint density at radius 2 is 2.06 bits per heavy atom. The zero-order chi connectivity index (χ0) is 11.2. The highest BCUT2D eigenvalue weighted by Gasteiger charge is 2.49. The quantitative estimate of drug-likeness (QED) is 0.858. The Morgan fingerprint density at radius 3 is 2.62 bits per heavy atom. The molecule has 3 unspecified atom stereocenters. The van der Waals surface area contributed by atoms with Crippen LogP contribution in [0.4, 0.5) is 0 Å². The van der Waals surface area contributed by atoms with Gasteiger partial charge in [-0.15, -0.1) is 0 Å². The standard InChI is InChI=1S/C13H16ClNO/c14-10-3-1-9(2-4-10)7-13(15)8-11-5-6-12(13)16-11/h1-4,11-12H,5-8,15H2. The fourth-order valence-corrected chi connectivity index (χ4v) is 3.13. The number of benzene rings is 1. The van der Waals surface area contributed by atoms with Crippen LogP contribution < -0.4 is 5.73 Å². The molecule has 3 atom stereocenters. The molecular formula is C13H16ClNO. The minimum absolute atomic E-state index is 0.156. The van der Waals surface area contributed by atoms with Gasteiger partial charge in [0.2, 0.25) is 0 Å². The van der Waals surface area contributed by atoms with Crippen LogP contribution in [0.1, 0.15) is 24.8 Å². The van der Waals surface area contributed by atoms with Gasteiger partial charge in [0, 0.05) is 10.6 Å². The van der Waals surface area contributed by atoms with E-state index in [2.05, 4.69) is 12.1 Å². The van der Waals surface area contributed by atoms with Crippen molar-refractivity contribution in [3.05, 3.63) is 34.9 Å². The first-order chi connectivity index (χ1) is 7.66. The molecule has 2 N–H and O–H groups in total. The molecule has 0 amide bonds. The monoisotopic (exact) mass is 237 g/mol. The number of fused-ring (bicyclic) bond motifs is 2. The molecule has 0 aliphatic carbocycles. The van der Waals surface area contributed by atoms with Crippen LogP contribution in [0.3, 0.4) is 0 Å². The molecule has 0 spiro atoms. The summed E-state index contributed by atoms with van der Waals surface area (Å²) in [4.78, 5) is 0. The van der Waals surface area contributed by atoms with Gasteiger partial charge in [0.05, 0.1) is 12.2 Å². The minimum atomic E-state index is -0.156. The predicted octanol–water partition coefficient (Wildman–Crippen LogP) is 2.53. The molecule has 2 fully saturated rings. The van der Waals surface area contributed by atoms with Gasteiger partial charge >= 0.3 is 0 Å². The summed E-state index contributed by atoms with van der Waals surface area (Å²) >= 11 is 5.87. The lowest BCUT2D eigenvalue weighted by Crippen LogP contribution is -2.50. The molecule has 16 heavy (non-hydrogen) atoms. The lowest BCUT2D eigenvalue weighted by atomic mass is 9.78.